The highest BCUT2D eigenvalue weighted by Crippen LogP contribution is 2.18. The molecule has 15 heavy (non-hydrogen) atoms. The van der Waals surface area contributed by atoms with Gasteiger partial charge in [-0.2, -0.15) is 0 Å². The number of hydrogen-bond acceptors (Lipinski definition) is 3. The van der Waals surface area contributed by atoms with Crippen molar-refractivity contribution in [2.24, 2.45) is 5.73 Å². The Bertz CT molecular complexity index is 281. The van der Waals surface area contributed by atoms with Crippen molar-refractivity contribution in [3.05, 3.63) is 24.0 Å². The molecule has 0 spiro atoms. The Morgan fingerprint density at radius 1 is 1.40 bits per heavy atom. The fraction of sp³-hybridized carbons (Fsp3) is 0.583. The van der Waals surface area contributed by atoms with Gasteiger partial charge in [0.15, 0.2) is 0 Å². The number of nitrogens with two attached hydrogens (primary N) is 1. The van der Waals surface area contributed by atoms with Crippen LogP contribution in [0.15, 0.2) is 18.3 Å². The summed E-state index contributed by atoms with van der Waals surface area (Å²) in [6.07, 6.45) is 3.02. The summed E-state index contributed by atoms with van der Waals surface area (Å²) in [6.45, 7) is 8.02. The minimum absolute atomic E-state index is 0.335. The van der Waals surface area contributed by atoms with Crippen LogP contribution < -0.4 is 10.6 Å². The van der Waals surface area contributed by atoms with Crippen LogP contribution in [0.3, 0.4) is 0 Å². The van der Waals surface area contributed by atoms with Crippen molar-refractivity contribution in [3.8, 4) is 0 Å². The van der Waals surface area contributed by atoms with Gasteiger partial charge in [0.25, 0.3) is 0 Å². The van der Waals surface area contributed by atoms with E-state index in [1.54, 1.807) is 0 Å². The molecule has 0 saturated carbocycles. The third-order valence-electron chi connectivity index (χ3n) is 2.49. The van der Waals surface area contributed by atoms with E-state index >= 15 is 0 Å². The zero-order chi connectivity index (χ0) is 11.3. The molecule has 1 aromatic heterocycles. The molecule has 1 aliphatic heterocycles. The summed E-state index contributed by atoms with van der Waals surface area (Å²) >= 11 is 0. The van der Waals surface area contributed by atoms with E-state index in [4.69, 9.17) is 5.73 Å². The molecule has 1 unspecified atom stereocenters. The van der Waals surface area contributed by atoms with Crippen LogP contribution in [0.1, 0.15) is 26.0 Å². The van der Waals surface area contributed by atoms with Gasteiger partial charge >= 0.3 is 0 Å². The van der Waals surface area contributed by atoms with E-state index in [1.807, 2.05) is 33.0 Å². The van der Waals surface area contributed by atoms with E-state index in [0.29, 0.717) is 6.04 Å². The Labute approximate surface area is 92.3 Å². The second-order valence-corrected chi connectivity index (χ2v) is 3.65. The van der Waals surface area contributed by atoms with Crippen LogP contribution >= 0.6 is 0 Å². The van der Waals surface area contributed by atoms with Gasteiger partial charge in [0.1, 0.15) is 0 Å². The van der Waals surface area contributed by atoms with Crippen LogP contribution in [0.5, 0.6) is 0 Å². The van der Waals surface area contributed by atoms with Crippen molar-refractivity contribution >= 4 is 5.69 Å². The SMILES string of the molecule is CC.Cc1ccc(N2CCC(N)C2)cn1. The summed E-state index contributed by atoms with van der Waals surface area (Å²) in [6, 6.07) is 4.49. The number of hydrogen-bond donors (Lipinski definition) is 1. The van der Waals surface area contributed by atoms with Crippen molar-refractivity contribution in [1.82, 2.24) is 4.98 Å². The lowest BCUT2D eigenvalue weighted by Crippen LogP contribution is -2.26. The largest absolute Gasteiger partial charge is 0.369 e. The fourth-order valence-electron chi connectivity index (χ4n) is 1.67. The van der Waals surface area contributed by atoms with Crippen molar-refractivity contribution < 1.29 is 0 Å². The van der Waals surface area contributed by atoms with Gasteiger partial charge < -0.3 is 10.6 Å². The Kier molecular flexibility index (Phi) is 4.56. The molecule has 0 radical (unpaired) electrons. The van der Waals surface area contributed by atoms with Gasteiger partial charge in [0, 0.05) is 24.8 Å². The quantitative estimate of drug-likeness (QED) is 0.765. The van der Waals surface area contributed by atoms with Gasteiger partial charge in [0.2, 0.25) is 0 Å². The highest BCUT2D eigenvalue weighted by atomic mass is 15.2. The van der Waals surface area contributed by atoms with Crippen LogP contribution in [0.2, 0.25) is 0 Å². The molecular weight excluding hydrogens is 186 g/mol. The third kappa shape index (κ3) is 3.20. The van der Waals surface area contributed by atoms with Crippen LogP contribution in [0.4, 0.5) is 5.69 Å². The Morgan fingerprint density at radius 2 is 2.13 bits per heavy atom. The molecule has 0 aromatic carbocycles. The van der Waals surface area contributed by atoms with Crippen LogP contribution in [-0.4, -0.2) is 24.1 Å². The van der Waals surface area contributed by atoms with Gasteiger partial charge in [-0.1, -0.05) is 13.8 Å². The molecule has 1 atom stereocenters. The summed E-state index contributed by atoms with van der Waals surface area (Å²) < 4.78 is 0. The van der Waals surface area contributed by atoms with E-state index in [9.17, 15) is 0 Å². The smallest absolute Gasteiger partial charge is 0.0553 e. The number of aryl methyl sites for hydroxylation is 1. The van der Waals surface area contributed by atoms with E-state index in [-0.39, 0.29) is 0 Å². The third-order valence-corrected chi connectivity index (χ3v) is 2.49. The number of aromatic nitrogens is 1. The first-order valence-corrected chi connectivity index (χ1v) is 5.69. The topological polar surface area (TPSA) is 42.1 Å². The highest BCUT2D eigenvalue weighted by molar-refractivity contribution is 5.45. The zero-order valence-electron chi connectivity index (χ0n) is 9.90. The average Bonchev–Trinajstić information content (AvgIpc) is 2.69. The van der Waals surface area contributed by atoms with Gasteiger partial charge in [-0.15, -0.1) is 0 Å². The molecule has 0 aliphatic carbocycles. The molecule has 84 valence electrons. The normalized spacial score (nSPS) is 19.7. The number of anilines is 1. The maximum Gasteiger partial charge on any atom is 0.0553 e. The molecule has 3 nitrogen and oxygen atoms in total. The van der Waals surface area contributed by atoms with Crippen LogP contribution in [0.25, 0.3) is 0 Å². The fourth-order valence-corrected chi connectivity index (χ4v) is 1.67. The Hall–Kier alpha value is -1.09. The number of pyridine rings is 1. The summed E-state index contributed by atoms with van der Waals surface area (Å²) in [7, 11) is 0. The first kappa shape index (κ1) is 12.0. The molecule has 0 bridgehead atoms. The maximum atomic E-state index is 5.83. The van der Waals surface area contributed by atoms with Crippen LogP contribution in [0, 0.1) is 6.92 Å². The lowest BCUT2D eigenvalue weighted by atomic mass is 10.3. The first-order chi connectivity index (χ1) is 7.25. The number of nitrogens with zero attached hydrogens (tertiary/aromatic N) is 2. The minimum atomic E-state index is 0.335. The minimum Gasteiger partial charge on any atom is -0.369 e. The molecule has 2 rings (SSSR count). The number of rotatable bonds is 1. The molecule has 2 heterocycles. The standard InChI is InChI=1S/C10H15N3.C2H6/c1-8-2-3-10(6-12-8)13-5-4-9(11)7-13;1-2/h2-3,6,9H,4-5,7,11H2,1H3;1-2H3. The molecular formula is C12H21N3. The monoisotopic (exact) mass is 207 g/mol. The predicted molar refractivity (Wildman–Crippen MR) is 65.1 cm³/mol. The van der Waals surface area contributed by atoms with Crippen molar-refractivity contribution in [1.29, 1.82) is 0 Å². The summed E-state index contributed by atoms with van der Waals surface area (Å²) in [4.78, 5) is 6.56. The van der Waals surface area contributed by atoms with Gasteiger partial charge in [-0.05, 0) is 25.5 Å². The summed E-state index contributed by atoms with van der Waals surface area (Å²) in [5.74, 6) is 0. The Morgan fingerprint density at radius 3 is 2.60 bits per heavy atom. The summed E-state index contributed by atoms with van der Waals surface area (Å²) in [5.41, 5.74) is 8.09. The molecule has 1 fully saturated rings. The predicted octanol–water partition coefficient (Wildman–Crippen LogP) is 1.95. The zero-order valence-corrected chi connectivity index (χ0v) is 9.90. The maximum absolute atomic E-state index is 5.83. The average molecular weight is 207 g/mol. The van der Waals surface area contributed by atoms with Crippen molar-refractivity contribution in [3.63, 3.8) is 0 Å². The first-order valence-electron chi connectivity index (χ1n) is 5.69. The Balaban J connectivity index is 0.000000531. The molecule has 1 aromatic rings. The second-order valence-electron chi connectivity index (χ2n) is 3.65. The molecule has 0 amide bonds. The van der Waals surface area contributed by atoms with Gasteiger partial charge in [-0.25, -0.2) is 0 Å². The van der Waals surface area contributed by atoms with E-state index < -0.39 is 0 Å². The van der Waals surface area contributed by atoms with E-state index in [2.05, 4.69) is 16.0 Å². The lowest BCUT2D eigenvalue weighted by Gasteiger charge is -2.17. The van der Waals surface area contributed by atoms with E-state index in [0.717, 1.165) is 25.2 Å². The summed E-state index contributed by atoms with van der Waals surface area (Å²) in [5, 5.41) is 0. The lowest BCUT2D eigenvalue weighted by molar-refractivity contribution is 0.752. The molecule has 1 aliphatic rings. The van der Waals surface area contributed by atoms with Crippen LogP contribution in [-0.2, 0) is 0 Å². The molecule has 3 heteroatoms. The van der Waals surface area contributed by atoms with Gasteiger partial charge in [0.05, 0.1) is 11.9 Å². The van der Waals surface area contributed by atoms with E-state index in [1.165, 1.54) is 5.69 Å². The second kappa shape index (κ2) is 5.71. The van der Waals surface area contributed by atoms with Gasteiger partial charge in [-0.3, -0.25) is 4.98 Å². The highest BCUT2D eigenvalue weighted by Gasteiger charge is 2.18. The molecule has 1 saturated heterocycles. The van der Waals surface area contributed by atoms with Crippen molar-refractivity contribution in [2.45, 2.75) is 33.2 Å². The van der Waals surface area contributed by atoms with Crippen molar-refractivity contribution in [2.75, 3.05) is 18.0 Å². The molecule has 2 N–H and O–H groups in total.